The third kappa shape index (κ3) is 1.79. The lowest BCUT2D eigenvalue weighted by molar-refractivity contribution is 1.11. The Hall–Kier alpha value is -1.46. The van der Waals surface area contributed by atoms with Crippen LogP contribution in [0.3, 0.4) is 0 Å². The van der Waals surface area contributed by atoms with Crippen LogP contribution in [-0.4, -0.2) is 19.6 Å². The minimum Gasteiger partial charge on any atom is -0.262 e. The molecule has 0 unspecified atom stereocenters. The zero-order valence-electron chi connectivity index (χ0n) is 9.43. The molecule has 0 atom stereocenters. The molecular formula is C12H8BrClN4. The number of halogens is 2. The average Bonchev–Trinajstić information content (AvgIpc) is 2.78. The van der Waals surface area contributed by atoms with Gasteiger partial charge in [0.1, 0.15) is 5.15 Å². The number of aryl methyl sites for hydroxylation is 1. The fourth-order valence-electron chi connectivity index (χ4n) is 1.78. The number of fused-ring (bicyclic) bond motifs is 1. The van der Waals surface area contributed by atoms with Crippen LogP contribution in [0, 0.1) is 6.92 Å². The van der Waals surface area contributed by atoms with Crippen LogP contribution in [0.15, 0.2) is 35.1 Å². The van der Waals surface area contributed by atoms with E-state index in [2.05, 4.69) is 31.1 Å². The van der Waals surface area contributed by atoms with E-state index in [4.69, 9.17) is 11.6 Å². The van der Waals surface area contributed by atoms with Crippen molar-refractivity contribution >= 4 is 33.2 Å². The molecule has 0 radical (unpaired) electrons. The van der Waals surface area contributed by atoms with E-state index < -0.39 is 0 Å². The van der Waals surface area contributed by atoms with Crippen molar-refractivity contribution in [2.75, 3.05) is 0 Å². The second-order valence-corrected chi connectivity index (χ2v) is 5.15. The van der Waals surface area contributed by atoms with E-state index in [0.29, 0.717) is 16.6 Å². The van der Waals surface area contributed by atoms with Gasteiger partial charge in [-0.3, -0.25) is 9.38 Å². The molecule has 0 saturated heterocycles. The fourth-order valence-corrected chi connectivity index (χ4v) is 2.25. The lowest BCUT2D eigenvalue weighted by Gasteiger charge is -2.04. The highest BCUT2D eigenvalue weighted by Gasteiger charge is 2.11. The lowest BCUT2D eigenvalue weighted by Crippen LogP contribution is -1.92. The lowest BCUT2D eigenvalue weighted by atomic mass is 10.1. The second-order valence-electron chi connectivity index (χ2n) is 3.91. The molecule has 18 heavy (non-hydrogen) atoms. The standard InChI is InChI=1S/C12H8BrClN4/c1-7-4-8(2-3-9(7)13)12-17-16-11-6-15-5-10(14)18(11)12/h2-6H,1H3. The van der Waals surface area contributed by atoms with Gasteiger partial charge in [-0.05, 0) is 24.6 Å². The van der Waals surface area contributed by atoms with Gasteiger partial charge in [-0.1, -0.05) is 33.6 Å². The first-order chi connectivity index (χ1) is 8.66. The normalized spacial score (nSPS) is 11.1. The summed E-state index contributed by atoms with van der Waals surface area (Å²) in [6, 6.07) is 6.00. The molecule has 0 bridgehead atoms. The largest absolute Gasteiger partial charge is 0.262 e. The van der Waals surface area contributed by atoms with Gasteiger partial charge < -0.3 is 0 Å². The van der Waals surface area contributed by atoms with Crippen molar-refractivity contribution in [1.82, 2.24) is 19.6 Å². The molecule has 3 aromatic rings. The third-order valence-corrected chi connectivity index (χ3v) is 3.85. The van der Waals surface area contributed by atoms with E-state index >= 15 is 0 Å². The molecule has 0 aliphatic heterocycles. The Labute approximate surface area is 117 Å². The van der Waals surface area contributed by atoms with Crippen molar-refractivity contribution in [1.29, 1.82) is 0 Å². The molecule has 0 spiro atoms. The number of rotatable bonds is 1. The first-order valence-corrected chi connectivity index (χ1v) is 6.45. The monoisotopic (exact) mass is 322 g/mol. The summed E-state index contributed by atoms with van der Waals surface area (Å²) in [5.74, 6) is 0.716. The predicted octanol–water partition coefficient (Wildman–Crippen LogP) is 3.52. The zero-order chi connectivity index (χ0) is 12.7. The fraction of sp³-hybridized carbons (Fsp3) is 0.0833. The van der Waals surface area contributed by atoms with Gasteiger partial charge in [-0.2, -0.15) is 0 Å². The van der Waals surface area contributed by atoms with E-state index in [1.165, 1.54) is 0 Å². The SMILES string of the molecule is Cc1cc(-c2nnc3cncc(Cl)n23)ccc1Br. The molecule has 90 valence electrons. The molecule has 3 rings (SSSR count). The predicted molar refractivity (Wildman–Crippen MR) is 73.7 cm³/mol. The van der Waals surface area contributed by atoms with Gasteiger partial charge in [0.2, 0.25) is 0 Å². The number of nitrogens with zero attached hydrogens (tertiary/aromatic N) is 4. The zero-order valence-corrected chi connectivity index (χ0v) is 11.8. The van der Waals surface area contributed by atoms with Crippen LogP contribution in [0.1, 0.15) is 5.56 Å². The van der Waals surface area contributed by atoms with Gasteiger partial charge >= 0.3 is 0 Å². The molecule has 1 aromatic carbocycles. The summed E-state index contributed by atoms with van der Waals surface area (Å²) >= 11 is 9.61. The summed E-state index contributed by atoms with van der Waals surface area (Å²) in [5, 5.41) is 8.73. The second kappa shape index (κ2) is 4.33. The van der Waals surface area contributed by atoms with Crippen LogP contribution < -0.4 is 0 Å². The van der Waals surface area contributed by atoms with Gasteiger partial charge in [0, 0.05) is 10.0 Å². The Morgan fingerprint density at radius 1 is 1.22 bits per heavy atom. The summed E-state index contributed by atoms with van der Waals surface area (Å²) in [4.78, 5) is 3.99. The first-order valence-electron chi connectivity index (χ1n) is 5.28. The van der Waals surface area contributed by atoms with E-state index in [1.54, 1.807) is 16.8 Å². The number of benzene rings is 1. The van der Waals surface area contributed by atoms with Crippen LogP contribution in [0.4, 0.5) is 0 Å². The molecule has 0 saturated carbocycles. The van der Waals surface area contributed by atoms with Crippen LogP contribution in [0.2, 0.25) is 5.15 Å². The molecule has 2 heterocycles. The highest BCUT2D eigenvalue weighted by atomic mass is 79.9. The van der Waals surface area contributed by atoms with Crippen molar-refractivity contribution in [2.45, 2.75) is 6.92 Å². The molecule has 2 aromatic heterocycles. The topological polar surface area (TPSA) is 43.1 Å². The maximum Gasteiger partial charge on any atom is 0.180 e. The summed E-state index contributed by atoms with van der Waals surface area (Å²) in [6.07, 6.45) is 3.21. The van der Waals surface area contributed by atoms with E-state index in [9.17, 15) is 0 Å². The van der Waals surface area contributed by atoms with Crippen LogP contribution in [-0.2, 0) is 0 Å². The van der Waals surface area contributed by atoms with Gasteiger partial charge in [0.25, 0.3) is 0 Å². The molecule has 4 nitrogen and oxygen atoms in total. The molecule has 0 fully saturated rings. The van der Waals surface area contributed by atoms with Crippen molar-refractivity contribution < 1.29 is 0 Å². The Kier molecular flexibility index (Phi) is 2.80. The van der Waals surface area contributed by atoms with E-state index in [0.717, 1.165) is 15.6 Å². The van der Waals surface area contributed by atoms with Crippen molar-refractivity contribution in [3.63, 3.8) is 0 Å². The first kappa shape index (κ1) is 11.6. The summed E-state index contributed by atoms with van der Waals surface area (Å²) in [7, 11) is 0. The minimum absolute atomic E-state index is 0.494. The Balaban J connectivity index is 2.28. The van der Waals surface area contributed by atoms with Gasteiger partial charge in [0.05, 0.1) is 12.4 Å². The molecular weight excluding hydrogens is 316 g/mol. The summed E-state index contributed by atoms with van der Waals surface area (Å²) in [6.45, 7) is 2.03. The maximum atomic E-state index is 6.14. The van der Waals surface area contributed by atoms with E-state index in [-0.39, 0.29) is 0 Å². The molecule has 6 heteroatoms. The number of hydrogen-bond donors (Lipinski definition) is 0. The molecule has 0 aliphatic rings. The minimum atomic E-state index is 0.494. The van der Waals surface area contributed by atoms with Crippen molar-refractivity contribution in [3.8, 4) is 11.4 Å². The summed E-state index contributed by atoms with van der Waals surface area (Å²) in [5.41, 5.74) is 2.74. The number of aromatic nitrogens is 4. The Bertz CT molecular complexity index is 738. The quantitative estimate of drug-likeness (QED) is 0.688. The van der Waals surface area contributed by atoms with Crippen LogP contribution in [0.25, 0.3) is 17.0 Å². The number of hydrogen-bond acceptors (Lipinski definition) is 3. The summed E-state index contributed by atoms with van der Waals surface area (Å²) < 4.78 is 2.84. The van der Waals surface area contributed by atoms with Crippen molar-refractivity contribution in [2.24, 2.45) is 0 Å². The van der Waals surface area contributed by atoms with E-state index in [1.807, 2.05) is 25.1 Å². The highest BCUT2D eigenvalue weighted by molar-refractivity contribution is 9.10. The molecule has 0 amide bonds. The smallest absolute Gasteiger partial charge is 0.180 e. The molecule has 0 aliphatic carbocycles. The van der Waals surface area contributed by atoms with Crippen LogP contribution in [0.5, 0.6) is 0 Å². The third-order valence-electron chi connectivity index (χ3n) is 2.69. The van der Waals surface area contributed by atoms with Gasteiger partial charge in [0.15, 0.2) is 11.5 Å². The Morgan fingerprint density at radius 2 is 2.06 bits per heavy atom. The maximum absolute atomic E-state index is 6.14. The van der Waals surface area contributed by atoms with Crippen LogP contribution >= 0.6 is 27.5 Å². The average molecular weight is 324 g/mol. The van der Waals surface area contributed by atoms with Gasteiger partial charge in [-0.15, -0.1) is 10.2 Å². The Morgan fingerprint density at radius 3 is 2.83 bits per heavy atom. The molecule has 0 N–H and O–H groups in total. The highest BCUT2D eigenvalue weighted by Crippen LogP contribution is 2.25. The van der Waals surface area contributed by atoms with Crippen molar-refractivity contribution in [3.05, 3.63) is 45.8 Å². The van der Waals surface area contributed by atoms with Gasteiger partial charge in [-0.25, -0.2) is 0 Å².